The highest BCUT2D eigenvalue weighted by Crippen LogP contribution is 2.19. The van der Waals surface area contributed by atoms with Gasteiger partial charge in [0.05, 0.1) is 12.1 Å². The molecule has 0 fully saturated rings. The quantitative estimate of drug-likeness (QED) is 0.866. The maximum Gasteiger partial charge on any atom is 0.120 e. The summed E-state index contributed by atoms with van der Waals surface area (Å²) in [4.78, 5) is 0. The number of aliphatic hydroxyl groups is 1. The minimum atomic E-state index is -0.500. The van der Waals surface area contributed by atoms with Gasteiger partial charge in [-0.25, -0.2) is 0 Å². The van der Waals surface area contributed by atoms with Crippen molar-refractivity contribution in [3.63, 3.8) is 0 Å². The molecular formula is C16H21NO2. The minimum Gasteiger partial charge on any atom is -0.465 e. The molecule has 2 aromatic rings. The fourth-order valence-electron chi connectivity index (χ4n) is 2.15. The Morgan fingerprint density at radius 2 is 1.89 bits per heavy atom. The zero-order valence-electron chi connectivity index (χ0n) is 11.7. The zero-order chi connectivity index (χ0) is 13.8. The molecule has 0 bridgehead atoms. The van der Waals surface area contributed by atoms with Crippen LogP contribution in [-0.2, 0) is 0 Å². The monoisotopic (exact) mass is 259 g/mol. The van der Waals surface area contributed by atoms with E-state index in [0.717, 1.165) is 22.6 Å². The van der Waals surface area contributed by atoms with Gasteiger partial charge < -0.3 is 14.8 Å². The Hall–Kier alpha value is -1.58. The molecule has 102 valence electrons. The molecule has 3 heteroatoms. The molecule has 0 aliphatic carbocycles. The van der Waals surface area contributed by atoms with Gasteiger partial charge in [0.2, 0.25) is 0 Å². The maximum absolute atomic E-state index is 10.2. The lowest BCUT2D eigenvalue weighted by atomic mass is 10.0. The third-order valence-electron chi connectivity index (χ3n) is 3.35. The molecule has 0 amide bonds. The van der Waals surface area contributed by atoms with Crippen LogP contribution in [0.15, 0.2) is 40.8 Å². The number of nitrogens with one attached hydrogen (secondary N) is 1. The van der Waals surface area contributed by atoms with Crippen molar-refractivity contribution in [2.45, 2.75) is 32.9 Å². The molecule has 0 spiro atoms. The van der Waals surface area contributed by atoms with Crippen LogP contribution in [0.25, 0.3) is 0 Å². The van der Waals surface area contributed by atoms with Crippen molar-refractivity contribution in [3.05, 3.63) is 59.0 Å². The topological polar surface area (TPSA) is 45.4 Å². The van der Waals surface area contributed by atoms with Crippen molar-refractivity contribution >= 4 is 0 Å². The summed E-state index contributed by atoms with van der Waals surface area (Å²) in [5, 5.41) is 13.5. The van der Waals surface area contributed by atoms with E-state index >= 15 is 0 Å². The summed E-state index contributed by atoms with van der Waals surface area (Å²) < 4.78 is 5.56. The van der Waals surface area contributed by atoms with Crippen molar-refractivity contribution in [2.24, 2.45) is 0 Å². The van der Waals surface area contributed by atoms with Crippen molar-refractivity contribution in [2.75, 3.05) is 6.54 Å². The van der Waals surface area contributed by atoms with E-state index in [2.05, 4.69) is 5.32 Å². The van der Waals surface area contributed by atoms with E-state index in [1.807, 2.05) is 57.2 Å². The van der Waals surface area contributed by atoms with Crippen molar-refractivity contribution in [1.82, 2.24) is 5.32 Å². The molecule has 0 saturated heterocycles. The molecule has 19 heavy (non-hydrogen) atoms. The minimum absolute atomic E-state index is 0.0902. The largest absolute Gasteiger partial charge is 0.465 e. The van der Waals surface area contributed by atoms with Crippen molar-refractivity contribution in [3.8, 4) is 0 Å². The van der Waals surface area contributed by atoms with E-state index in [4.69, 9.17) is 4.42 Å². The predicted octanol–water partition coefficient (Wildman–Crippen LogP) is 3.28. The number of rotatable bonds is 5. The number of hydrogen-bond donors (Lipinski definition) is 2. The first-order chi connectivity index (χ1) is 9.08. The lowest BCUT2D eigenvalue weighted by Gasteiger charge is -2.17. The Bertz CT molecular complexity index is 533. The van der Waals surface area contributed by atoms with Crippen LogP contribution in [0, 0.1) is 13.8 Å². The fourth-order valence-corrected chi connectivity index (χ4v) is 2.15. The van der Waals surface area contributed by atoms with Crippen LogP contribution >= 0.6 is 0 Å². The van der Waals surface area contributed by atoms with Gasteiger partial charge in [-0.2, -0.15) is 0 Å². The van der Waals surface area contributed by atoms with Gasteiger partial charge in [0.15, 0.2) is 0 Å². The Morgan fingerprint density at radius 1 is 1.16 bits per heavy atom. The molecule has 1 aromatic heterocycles. The third-order valence-corrected chi connectivity index (χ3v) is 3.35. The van der Waals surface area contributed by atoms with E-state index in [-0.39, 0.29) is 6.04 Å². The van der Waals surface area contributed by atoms with E-state index in [1.54, 1.807) is 0 Å². The lowest BCUT2D eigenvalue weighted by molar-refractivity contribution is 0.168. The molecule has 2 atom stereocenters. The molecule has 0 radical (unpaired) electrons. The molecule has 0 aliphatic rings. The number of aryl methyl sites for hydroxylation is 2. The van der Waals surface area contributed by atoms with Crippen LogP contribution in [0.5, 0.6) is 0 Å². The van der Waals surface area contributed by atoms with Gasteiger partial charge in [-0.1, -0.05) is 24.3 Å². The van der Waals surface area contributed by atoms with Crippen LogP contribution in [0.3, 0.4) is 0 Å². The summed E-state index contributed by atoms with van der Waals surface area (Å²) in [5.74, 6) is 1.80. The van der Waals surface area contributed by atoms with Crippen LogP contribution in [0.1, 0.15) is 41.7 Å². The number of aliphatic hydroxyl groups excluding tert-OH is 1. The van der Waals surface area contributed by atoms with Gasteiger partial charge in [-0.15, -0.1) is 0 Å². The summed E-state index contributed by atoms with van der Waals surface area (Å²) in [6, 6.07) is 11.9. The van der Waals surface area contributed by atoms with E-state index < -0.39 is 6.10 Å². The predicted molar refractivity (Wildman–Crippen MR) is 76.0 cm³/mol. The molecule has 2 rings (SSSR count). The van der Waals surface area contributed by atoms with E-state index in [9.17, 15) is 5.11 Å². The molecule has 0 aliphatic heterocycles. The second-order valence-corrected chi connectivity index (χ2v) is 4.95. The molecule has 0 saturated carbocycles. The highest BCUT2D eigenvalue weighted by atomic mass is 16.3. The van der Waals surface area contributed by atoms with Crippen LogP contribution in [0.4, 0.5) is 0 Å². The molecule has 2 unspecified atom stereocenters. The summed E-state index contributed by atoms with van der Waals surface area (Å²) in [6.07, 6.45) is -0.500. The first kappa shape index (κ1) is 13.8. The first-order valence-corrected chi connectivity index (χ1v) is 6.61. The van der Waals surface area contributed by atoms with E-state index in [0.29, 0.717) is 6.54 Å². The normalized spacial score (nSPS) is 14.3. The summed E-state index contributed by atoms with van der Waals surface area (Å²) >= 11 is 0. The van der Waals surface area contributed by atoms with E-state index in [1.165, 1.54) is 0 Å². The lowest BCUT2D eigenvalue weighted by Crippen LogP contribution is -2.24. The molecule has 1 heterocycles. The average Bonchev–Trinajstić information content (AvgIpc) is 2.83. The summed E-state index contributed by atoms with van der Waals surface area (Å²) in [5.41, 5.74) is 2.08. The van der Waals surface area contributed by atoms with Gasteiger partial charge >= 0.3 is 0 Å². The van der Waals surface area contributed by atoms with Crippen LogP contribution in [0.2, 0.25) is 0 Å². The summed E-state index contributed by atoms with van der Waals surface area (Å²) in [6.45, 7) is 6.48. The van der Waals surface area contributed by atoms with Crippen molar-refractivity contribution < 1.29 is 9.52 Å². The van der Waals surface area contributed by atoms with Crippen molar-refractivity contribution in [1.29, 1.82) is 0 Å². The zero-order valence-corrected chi connectivity index (χ0v) is 11.7. The number of benzene rings is 1. The molecule has 2 N–H and O–H groups in total. The first-order valence-electron chi connectivity index (χ1n) is 6.61. The Morgan fingerprint density at radius 3 is 2.53 bits per heavy atom. The maximum atomic E-state index is 10.2. The smallest absolute Gasteiger partial charge is 0.120 e. The van der Waals surface area contributed by atoms with Gasteiger partial charge in [-0.3, -0.25) is 0 Å². The fraction of sp³-hybridized carbons (Fsp3) is 0.375. The second kappa shape index (κ2) is 6.04. The molecular weight excluding hydrogens is 238 g/mol. The second-order valence-electron chi connectivity index (χ2n) is 4.95. The van der Waals surface area contributed by atoms with Crippen LogP contribution in [-0.4, -0.2) is 11.7 Å². The number of hydrogen-bond acceptors (Lipinski definition) is 3. The van der Waals surface area contributed by atoms with Gasteiger partial charge in [0.25, 0.3) is 0 Å². The SMILES string of the molecule is Cc1ccc(C(C)NCC(O)c2ccccc2C)o1. The number of furan rings is 1. The highest BCUT2D eigenvalue weighted by molar-refractivity contribution is 5.27. The van der Waals surface area contributed by atoms with Gasteiger partial charge in [0.1, 0.15) is 11.5 Å². The van der Waals surface area contributed by atoms with Gasteiger partial charge in [-0.05, 0) is 44.0 Å². The van der Waals surface area contributed by atoms with Gasteiger partial charge in [0, 0.05) is 6.54 Å². The Balaban J connectivity index is 1.94. The third kappa shape index (κ3) is 3.46. The Kier molecular flexibility index (Phi) is 4.40. The molecule has 1 aromatic carbocycles. The standard InChI is InChI=1S/C16H21NO2/c1-11-6-4-5-7-14(11)15(18)10-17-13(3)16-9-8-12(2)19-16/h4-9,13,15,17-18H,10H2,1-3H3. The highest BCUT2D eigenvalue weighted by Gasteiger charge is 2.13. The average molecular weight is 259 g/mol. The molecule has 3 nitrogen and oxygen atoms in total. The van der Waals surface area contributed by atoms with Crippen LogP contribution < -0.4 is 5.32 Å². The summed E-state index contributed by atoms with van der Waals surface area (Å²) in [7, 11) is 0. The Labute approximate surface area is 114 Å².